The van der Waals surface area contributed by atoms with Gasteiger partial charge in [-0.3, -0.25) is 9.69 Å². The van der Waals surface area contributed by atoms with E-state index < -0.39 is 0 Å². The largest absolute Gasteiger partial charge is 0.495 e. The monoisotopic (exact) mass is 401 g/mol. The van der Waals surface area contributed by atoms with E-state index >= 15 is 0 Å². The summed E-state index contributed by atoms with van der Waals surface area (Å²) in [6.07, 6.45) is 1.37. The van der Waals surface area contributed by atoms with Gasteiger partial charge in [0, 0.05) is 12.2 Å². The highest BCUT2D eigenvalue weighted by atomic mass is 32.2. The summed E-state index contributed by atoms with van der Waals surface area (Å²) in [4.78, 5) is 14.9. The number of methoxy groups -OCH3 is 1. The molecule has 2 aliphatic rings. The lowest BCUT2D eigenvalue weighted by Crippen LogP contribution is -2.67. The minimum atomic E-state index is -0.360. The number of rotatable bonds is 4. The van der Waals surface area contributed by atoms with Crippen molar-refractivity contribution in [1.82, 2.24) is 0 Å². The third kappa shape index (κ3) is 2.48. The predicted octanol–water partition coefficient (Wildman–Crippen LogP) is 5.25. The molecular weight excluding hydrogens is 378 g/mol. The van der Waals surface area contributed by atoms with Crippen molar-refractivity contribution < 1.29 is 9.53 Å². The average Bonchev–Trinajstić information content (AvgIpc) is 3.14. The number of carbonyl (C=O) groups excluding carboxylic acids is 1. The summed E-state index contributed by atoms with van der Waals surface area (Å²) in [5.74, 6) is 1.85. The van der Waals surface area contributed by atoms with Crippen LogP contribution < -0.4 is 9.64 Å². The van der Waals surface area contributed by atoms with Gasteiger partial charge in [-0.1, -0.05) is 72.8 Å². The van der Waals surface area contributed by atoms with Crippen LogP contribution in [0.25, 0.3) is 0 Å². The molecule has 0 saturated carbocycles. The number of hydrogen-bond acceptors (Lipinski definition) is 3. The van der Waals surface area contributed by atoms with Gasteiger partial charge in [0.25, 0.3) is 0 Å². The van der Waals surface area contributed by atoms with Gasteiger partial charge < -0.3 is 4.74 Å². The van der Waals surface area contributed by atoms with Gasteiger partial charge in [0.15, 0.2) is 0 Å². The Morgan fingerprint density at radius 2 is 1.45 bits per heavy atom. The van der Waals surface area contributed by atoms with Crippen molar-refractivity contribution in [3.05, 3.63) is 96.1 Å². The van der Waals surface area contributed by atoms with E-state index in [9.17, 15) is 4.79 Å². The summed E-state index contributed by atoms with van der Waals surface area (Å²) in [6.45, 7) is 0. The van der Waals surface area contributed by atoms with E-state index in [0.29, 0.717) is 6.42 Å². The third-order valence-corrected chi connectivity index (χ3v) is 8.13. The molecule has 3 aromatic rings. The first-order valence-electron chi connectivity index (χ1n) is 9.94. The topological polar surface area (TPSA) is 29.5 Å². The Morgan fingerprint density at radius 1 is 0.862 bits per heavy atom. The SMILES string of the molecule is COc1ccccc1N1C(=O)CC[C@]12SCC2(c1ccccc1)c1ccccc1. The average molecular weight is 402 g/mol. The minimum absolute atomic E-state index is 0.165. The Bertz CT molecular complexity index is 997. The van der Waals surface area contributed by atoms with Gasteiger partial charge in [0.2, 0.25) is 5.91 Å². The van der Waals surface area contributed by atoms with E-state index in [1.54, 1.807) is 7.11 Å². The van der Waals surface area contributed by atoms with Crippen molar-refractivity contribution in [3.8, 4) is 5.75 Å². The lowest BCUT2D eigenvalue weighted by molar-refractivity contribution is -0.117. The molecule has 5 rings (SSSR count). The maximum Gasteiger partial charge on any atom is 0.228 e. The second-order valence-corrected chi connectivity index (χ2v) is 8.86. The van der Waals surface area contributed by atoms with Crippen molar-refractivity contribution in [3.63, 3.8) is 0 Å². The molecule has 1 spiro atoms. The fourth-order valence-electron chi connectivity index (χ4n) is 5.00. The lowest BCUT2D eigenvalue weighted by atomic mass is 9.68. The molecule has 0 N–H and O–H groups in total. The molecule has 29 heavy (non-hydrogen) atoms. The summed E-state index contributed by atoms with van der Waals surface area (Å²) < 4.78 is 5.64. The molecule has 2 saturated heterocycles. The number of ether oxygens (including phenoxy) is 1. The predicted molar refractivity (Wildman–Crippen MR) is 119 cm³/mol. The number of thioether (sulfide) groups is 1. The van der Waals surface area contributed by atoms with Crippen molar-refractivity contribution in [2.75, 3.05) is 17.8 Å². The first kappa shape index (κ1) is 18.3. The second kappa shape index (κ2) is 6.96. The van der Waals surface area contributed by atoms with Gasteiger partial charge in [0.1, 0.15) is 10.6 Å². The number of hydrogen-bond donors (Lipinski definition) is 0. The zero-order valence-electron chi connectivity index (χ0n) is 16.4. The van der Waals surface area contributed by atoms with Gasteiger partial charge in [-0.05, 0) is 29.7 Å². The van der Waals surface area contributed by atoms with Crippen LogP contribution in [0.3, 0.4) is 0 Å². The molecule has 0 bridgehead atoms. The maximum absolute atomic E-state index is 13.3. The van der Waals surface area contributed by atoms with E-state index in [0.717, 1.165) is 23.6 Å². The molecule has 1 atom stereocenters. The molecular formula is C25H23NO2S. The van der Waals surface area contributed by atoms with Crippen LogP contribution in [0, 0.1) is 0 Å². The highest BCUT2D eigenvalue weighted by Gasteiger charge is 2.68. The highest BCUT2D eigenvalue weighted by Crippen LogP contribution is 2.66. The Kier molecular flexibility index (Phi) is 4.39. The summed E-state index contributed by atoms with van der Waals surface area (Å²) in [5.41, 5.74) is 3.13. The van der Waals surface area contributed by atoms with E-state index in [2.05, 4.69) is 60.7 Å². The molecule has 0 aliphatic carbocycles. The van der Waals surface area contributed by atoms with Crippen LogP contribution in [0.15, 0.2) is 84.9 Å². The van der Waals surface area contributed by atoms with Crippen molar-refractivity contribution >= 4 is 23.4 Å². The quantitative estimate of drug-likeness (QED) is 0.598. The highest BCUT2D eigenvalue weighted by molar-refractivity contribution is 8.02. The number of nitrogens with zero attached hydrogens (tertiary/aromatic N) is 1. The fourth-order valence-corrected chi connectivity index (χ4v) is 6.91. The van der Waals surface area contributed by atoms with E-state index in [1.807, 2.05) is 40.9 Å². The van der Waals surface area contributed by atoms with Crippen LogP contribution in [-0.4, -0.2) is 23.6 Å². The molecule has 2 fully saturated rings. The molecule has 2 heterocycles. The summed E-state index contributed by atoms with van der Waals surface area (Å²) in [5, 5.41) is 0. The fraction of sp³-hybridized carbons (Fsp3) is 0.240. The van der Waals surface area contributed by atoms with E-state index in [-0.39, 0.29) is 16.2 Å². The second-order valence-electron chi connectivity index (χ2n) is 7.61. The third-order valence-electron chi connectivity index (χ3n) is 6.34. The van der Waals surface area contributed by atoms with E-state index in [1.165, 1.54) is 11.1 Å². The number of amides is 1. The van der Waals surface area contributed by atoms with E-state index in [4.69, 9.17) is 4.74 Å². The number of para-hydroxylation sites is 2. The number of carbonyl (C=O) groups is 1. The zero-order chi connectivity index (χ0) is 19.9. The first-order valence-corrected chi connectivity index (χ1v) is 10.9. The zero-order valence-corrected chi connectivity index (χ0v) is 17.2. The normalized spacial score (nSPS) is 22.5. The van der Waals surface area contributed by atoms with Crippen LogP contribution in [0.1, 0.15) is 24.0 Å². The minimum Gasteiger partial charge on any atom is -0.495 e. The van der Waals surface area contributed by atoms with Crippen LogP contribution in [0.4, 0.5) is 5.69 Å². The smallest absolute Gasteiger partial charge is 0.228 e. The molecule has 0 aromatic heterocycles. The van der Waals surface area contributed by atoms with Crippen LogP contribution in [-0.2, 0) is 10.2 Å². The van der Waals surface area contributed by atoms with Crippen LogP contribution >= 0.6 is 11.8 Å². The van der Waals surface area contributed by atoms with Crippen LogP contribution in [0.5, 0.6) is 5.75 Å². The molecule has 2 aliphatic heterocycles. The summed E-state index contributed by atoms with van der Waals surface area (Å²) >= 11 is 1.89. The summed E-state index contributed by atoms with van der Waals surface area (Å²) in [6, 6.07) is 29.2. The maximum atomic E-state index is 13.3. The standard InChI is InChI=1S/C25H23NO2S/c1-28-22-15-9-8-14-21(22)26-23(27)16-17-25(26)24(18-29-25,19-10-4-2-5-11-19)20-12-6-3-7-13-20/h2-15H,16-18H2,1H3/t25-/m1/s1. The van der Waals surface area contributed by atoms with Gasteiger partial charge in [-0.25, -0.2) is 0 Å². The van der Waals surface area contributed by atoms with Crippen molar-refractivity contribution in [2.45, 2.75) is 23.1 Å². The molecule has 3 aromatic carbocycles. The van der Waals surface area contributed by atoms with Crippen molar-refractivity contribution in [2.24, 2.45) is 0 Å². The summed E-state index contributed by atoms with van der Waals surface area (Å²) in [7, 11) is 1.67. The molecule has 0 unspecified atom stereocenters. The first-order chi connectivity index (χ1) is 14.2. The van der Waals surface area contributed by atoms with Gasteiger partial charge in [-0.15, -0.1) is 11.8 Å². The van der Waals surface area contributed by atoms with Gasteiger partial charge in [0.05, 0.1) is 18.2 Å². The molecule has 3 nitrogen and oxygen atoms in total. The number of anilines is 1. The van der Waals surface area contributed by atoms with Crippen LogP contribution in [0.2, 0.25) is 0 Å². The Hall–Kier alpha value is -2.72. The van der Waals surface area contributed by atoms with Gasteiger partial charge >= 0.3 is 0 Å². The molecule has 4 heteroatoms. The van der Waals surface area contributed by atoms with Crippen molar-refractivity contribution in [1.29, 1.82) is 0 Å². The Morgan fingerprint density at radius 3 is 2.00 bits per heavy atom. The molecule has 0 radical (unpaired) electrons. The molecule has 1 amide bonds. The number of benzene rings is 3. The molecule has 146 valence electrons. The Balaban J connectivity index is 1.75. The Labute approximate surface area is 175 Å². The lowest BCUT2D eigenvalue weighted by Gasteiger charge is -2.61. The van der Waals surface area contributed by atoms with Gasteiger partial charge in [-0.2, -0.15) is 0 Å².